The van der Waals surface area contributed by atoms with Gasteiger partial charge in [0.05, 0.1) is 18.4 Å². The van der Waals surface area contributed by atoms with Gasteiger partial charge >= 0.3 is 5.97 Å². The Balaban J connectivity index is 2.31. The number of ether oxygens (including phenoxy) is 1. The molecule has 0 aromatic heterocycles. The number of anilines is 1. The Bertz CT molecular complexity index is 746. The summed E-state index contributed by atoms with van der Waals surface area (Å²) in [6.07, 6.45) is 0. The molecule has 0 heterocycles. The van der Waals surface area contributed by atoms with Gasteiger partial charge in [0.25, 0.3) is 5.91 Å². The first-order valence-electron chi connectivity index (χ1n) is 6.10. The Kier molecular flexibility index (Phi) is 4.36. The van der Waals surface area contributed by atoms with Crippen LogP contribution in [0.15, 0.2) is 36.4 Å². The van der Waals surface area contributed by atoms with E-state index in [1.54, 1.807) is 0 Å². The van der Waals surface area contributed by atoms with Gasteiger partial charge in [-0.1, -0.05) is 6.07 Å². The predicted molar refractivity (Wildman–Crippen MR) is 73.8 cm³/mol. The fraction of sp³-hybridized carbons (Fsp3) is 0.0667. The zero-order chi connectivity index (χ0) is 16.3. The van der Waals surface area contributed by atoms with Gasteiger partial charge in [-0.2, -0.15) is 0 Å². The largest absolute Gasteiger partial charge is 0.505 e. The number of carbonyl (C=O) groups excluding carboxylic acids is 2. The molecule has 0 spiro atoms. The van der Waals surface area contributed by atoms with Crippen LogP contribution in [0.2, 0.25) is 0 Å². The van der Waals surface area contributed by atoms with Gasteiger partial charge in [0.1, 0.15) is 17.2 Å². The molecule has 2 aromatic rings. The van der Waals surface area contributed by atoms with Crippen molar-refractivity contribution in [1.29, 1.82) is 0 Å². The number of para-hydroxylation sites is 1. The number of hydrogen-bond donors (Lipinski definition) is 2. The number of hydrogen-bond acceptors (Lipinski definition) is 4. The number of esters is 1. The van der Waals surface area contributed by atoms with Crippen LogP contribution in [0.1, 0.15) is 20.7 Å². The van der Waals surface area contributed by atoms with Crippen molar-refractivity contribution in [3.8, 4) is 5.75 Å². The molecule has 0 bridgehead atoms. The second-order valence-electron chi connectivity index (χ2n) is 4.27. The van der Waals surface area contributed by atoms with Crippen LogP contribution in [0.3, 0.4) is 0 Å². The molecule has 0 unspecified atom stereocenters. The summed E-state index contributed by atoms with van der Waals surface area (Å²) in [7, 11) is 1.14. The third-order valence-corrected chi connectivity index (χ3v) is 2.87. The lowest BCUT2D eigenvalue weighted by molar-refractivity contribution is 0.0597. The standard InChI is InChI=1S/C15H11F2NO4/c1-22-15(21)10-3-2-4-12(13(10)19)18-14(20)9-6-5-8(16)7-11(9)17/h2-7,19H,1H3,(H,18,20). The molecule has 7 heteroatoms. The summed E-state index contributed by atoms with van der Waals surface area (Å²) < 4.78 is 30.8. The van der Waals surface area contributed by atoms with Crippen LogP contribution in [-0.4, -0.2) is 24.1 Å². The number of methoxy groups -OCH3 is 1. The Morgan fingerprint density at radius 3 is 2.50 bits per heavy atom. The number of phenols is 1. The summed E-state index contributed by atoms with van der Waals surface area (Å²) in [4.78, 5) is 23.4. The van der Waals surface area contributed by atoms with Crippen LogP contribution in [0, 0.1) is 11.6 Å². The highest BCUT2D eigenvalue weighted by Crippen LogP contribution is 2.28. The van der Waals surface area contributed by atoms with Gasteiger partial charge in [0, 0.05) is 6.07 Å². The summed E-state index contributed by atoms with van der Waals surface area (Å²) in [5.41, 5.74) is -0.652. The van der Waals surface area contributed by atoms with E-state index in [0.717, 1.165) is 19.2 Å². The zero-order valence-corrected chi connectivity index (χ0v) is 11.4. The number of benzene rings is 2. The second kappa shape index (κ2) is 6.21. The fourth-order valence-corrected chi connectivity index (χ4v) is 1.78. The van der Waals surface area contributed by atoms with Gasteiger partial charge < -0.3 is 15.2 Å². The summed E-state index contributed by atoms with van der Waals surface area (Å²) in [5.74, 6) is -4.05. The van der Waals surface area contributed by atoms with Gasteiger partial charge in [0.2, 0.25) is 0 Å². The predicted octanol–water partition coefficient (Wildman–Crippen LogP) is 2.71. The molecular weight excluding hydrogens is 296 g/mol. The Morgan fingerprint density at radius 1 is 1.14 bits per heavy atom. The van der Waals surface area contributed by atoms with Crippen molar-refractivity contribution in [3.63, 3.8) is 0 Å². The van der Waals surface area contributed by atoms with E-state index in [0.29, 0.717) is 6.07 Å². The van der Waals surface area contributed by atoms with E-state index in [1.165, 1.54) is 18.2 Å². The molecule has 0 saturated carbocycles. The molecule has 0 atom stereocenters. The fourth-order valence-electron chi connectivity index (χ4n) is 1.78. The minimum atomic E-state index is -1.04. The van der Waals surface area contributed by atoms with Crippen molar-refractivity contribution < 1.29 is 28.2 Å². The SMILES string of the molecule is COC(=O)c1cccc(NC(=O)c2ccc(F)cc2F)c1O. The third-order valence-electron chi connectivity index (χ3n) is 2.87. The van der Waals surface area contributed by atoms with Crippen LogP contribution in [0.5, 0.6) is 5.75 Å². The maximum atomic E-state index is 13.5. The molecule has 2 N–H and O–H groups in total. The molecule has 2 rings (SSSR count). The number of rotatable bonds is 3. The first-order valence-corrected chi connectivity index (χ1v) is 6.10. The molecule has 0 fully saturated rings. The van der Waals surface area contributed by atoms with E-state index < -0.39 is 34.8 Å². The second-order valence-corrected chi connectivity index (χ2v) is 4.27. The molecule has 5 nitrogen and oxygen atoms in total. The van der Waals surface area contributed by atoms with Crippen LogP contribution in [-0.2, 0) is 4.74 Å². The Labute approximate surface area is 124 Å². The monoisotopic (exact) mass is 307 g/mol. The minimum absolute atomic E-state index is 0.100. The van der Waals surface area contributed by atoms with E-state index in [2.05, 4.69) is 10.1 Å². The molecule has 0 radical (unpaired) electrons. The normalized spacial score (nSPS) is 10.1. The first-order chi connectivity index (χ1) is 10.4. The maximum absolute atomic E-state index is 13.5. The number of amides is 1. The average Bonchev–Trinajstić information content (AvgIpc) is 2.48. The van der Waals surface area contributed by atoms with Crippen molar-refractivity contribution in [2.24, 2.45) is 0 Å². The van der Waals surface area contributed by atoms with Gasteiger partial charge in [0.15, 0.2) is 5.75 Å². The quantitative estimate of drug-likeness (QED) is 0.675. The number of phenolic OH excluding ortho intramolecular Hbond substituents is 1. The highest BCUT2D eigenvalue weighted by Gasteiger charge is 2.18. The van der Waals surface area contributed by atoms with Crippen molar-refractivity contribution >= 4 is 17.6 Å². The third kappa shape index (κ3) is 3.03. The van der Waals surface area contributed by atoms with Crippen molar-refractivity contribution in [1.82, 2.24) is 0 Å². The molecule has 114 valence electrons. The molecule has 1 amide bonds. The molecule has 0 aliphatic rings. The van der Waals surface area contributed by atoms with Crippen LogP contribution in [0.4, 0.5) is 14.5 Å². The number of nitrogens with one attached hydrogen (secondary N) is 1. The van der Waals surface area contributed by atoms with Gasteiger partial charge in [-0.25, -0.2) is 13.6 Å². The molecule has 0 aliphatic carbocycles. The van der Waals surface area contributed by atoms with E-state index in [-0.39, 0.29) is 11.3 Å². The molecular formula is C15H11F2NO4. The maximum Gasteiger partial charge on any atom is 0.341 e. The number of carbonyl (C=O) groups is 2. The van der Waals surface area contributed by atoms with E-state index in [1.807, 2.05) is 0 Å². The summed E-state index contributed by atoms with van der Waals surface area (Å²) in [6.45, 7) is 0. The molecule has 2 aromatic carbocycles. The molecule has 22 heavy (non-hydrogen) atoms. The van der Waals surface area contributed by atoms with Gasteiger partial charge in [-0.05, 0) is 24.3 Å². The van der Waals surface area contributed by atoms with E-state index >= 15 is 0 Å². The highest BCUT2D eigenvalue weighted by molar-refractivity contribution is 6.06. The molecule has 0 aliphatic heterocycles. The summed E-state index contributed by atoms with van der Waals surface area (Å²) in [5, 5.41) is 12.2. The van der Waals surface area contributed by atoms with Crippen molar-refractivity contribution in [3.05, 3.63) is 59.2 Å². The lowest BCUT2D eigenvalue weighted by Crippen LogP contribution is -2.14. The lowest BCUT2D eigenvalue weighted by Gasteiger charge is -2.10. The number of aromatic hydroxyl groups is 1. The topological polar surface area (TPSA) is 75.6 Å². The van der Waals surface area contributed by atoms with Crippen molar-refractivity contribution in [2.45, 2.75) is 0 Å². The molecule has 0 saturated heterocycles. The van der Waals surface area contributed by atoms with E-state index in [9.17, 15) is 23.5 Å². The Morgan fingerprint density at radius 2 is 1.86 bits per heavy atom. The van der Waals surface area contributed by atoms with E-state index in [4.69, 9.17) is 0 Å². The Hall–Kier alpha value is -2.96. The van der Waals surface area contributed by atoms with Crippen LogP contribution < -0.4 is 5.32 Å². The highest BCUT2D eigenvalue weighted by atomic mass is 19.1. The number of halogens is 2. The zero-order valence-electron chi connectivity index (χ0n) is 11.4. The minimum Gasteiger partial charge on any atom is -0.505 e. The van der Waals surface area contributed by atoms with Crippen LogP contribution in [0.25, 0.3) is 0 Å². The summed E-state index contributed by atoms with van der Waals surface area (Å²) in [6, 6.07) is 6.50. The smallest absolute Gasteiger partial charge is 0.341 e. The first kappa shape index (κ1) is 15.4. The lowest BCUT2D eigenvalue weighted by atomic mass is 10.1. The summed E-state index contributed by atoms with van der Waals surface area (Å²) >= 11 is 0. The van der Waals surface area contributed by atoms with Gasteiger partial charge in [-0.3, -0.25) is 4.79 Å². The average molecular weight is 307 g/mol. The van der Waals surface area contributed by atoms with Crippen molar-refractivity contribution in [2.75, 3.05) is 12.4 Å². The van der Waals surface area contributed by atoms with Crippen LogP contribution >= 0.6 is 0 Å². The van der Waals surface area contributed by atoms with Gasteiger partial charge in [-0.15, -0.1) is 0 Å².